The standard InChI is InChI=1S/C21H20N4O2/c1-15-3-2-4-17(9-15)12-25-21(27)19-10-18(13-23-14-19)20(26)24-11-16-5-7-22-8-6-16/h2-10,13-14H,11-12H2,1H3,(H,24,26)(H,25,27). The molecule has 0 aliphatic rings. The number of carbonyl (C=O) groups excluding carboxylic acids is 2. The number of pyridine rings is 2. The lowest BCUT2D eigenvalue weighted by Crippen LogP contribution is -2.25. The number of rotatable bonds is 6. The van der Waals surface area contributed by atoms with Crippen molar-refractivity contribution in [2.24, 2.45) is 0 Å². The Morgan fingerprint density at radius 1 is 0.815 bits per heavy atom. The summed E-state index contributed by atoms with van der Waals surface area (Å²) in [6.07, 6.45) is 6.23. The summed E-state index contributed by atoms with van der Waals surface area (Å²) in [5, 5.41) is 5.66. The fourth-order valence-electron chi connectivity index (χ4n) is 2.58. The molecule has 3 rings (SSSR count). The lowest BCUT2D eigenvalue weighted by molar-refractivity contribution is 0.0950. The van der Waals surface area contributed by atoms with Crippen LogP contribution in [0.4, 0.5) is 0 Å². The van der Waals surface area contributed by atoms with Gasteiger partial charge in [0.2, 0.25) is 0 Å². The molecule has 0 aliphatic carbocycles. The Morgan fingerprint density at radius 2 is 1.44 bits per heavy atom. The molecule has 0 aliphatic heterocycles. The van der Waals surface area contributed by atoms with Gasteiger partial charge in [0.25, 0.3) is 11.8 Å². The van der Waals surface area contributed by atoms with Crippen LogP contribution in [0.2, 0.25) is 0 Å². The maximum absolute atomic E-state index is 12.4. The molecule has 0 spiro atoms. The van der Waals surface area contributed by atoms with Gasteiger partial charge in [-0.1, -0.05) is 29.8 Å². The topological polar surface area (TPSA) is 84.0 Å². The molecule has 6 heteroatoms. The van der Waals surface area contributed by atoms with Crippen molar-refractivity contribution < 1.29 is 9.59 Å². The zero-order chi connectivity index (χ0) is 19.1. The predicted octanol–water partition coefficient (Wildman–Crippen LogP) is 2.65. The number of hydrogen-bond donors (Lipinski definition) is 2. The molecule has 0 radical (unpaired) electrons. The third kappa shape index (κ3) is 5.22. The molecule has 6 nitrogen and oxygen atoms in total. The third-order valence-corrected chi connectivity index (χ3v) is 4.00. The first-order chi connectivity index (χ1) is 13.1. The van der Waals surface area contributed by atoms with Crippen LogP contribution in [0, 0.1) is 6.92 Å². The Balaban J connectivity index is 1.60. The summed E-state index contributed by atoms with van der Waals surface area (Å²) >= 11 is 0. The zero-order valence-corrected chi connectivity index (χ0v) is 15.0. The van der Waals surface area contributed by atoms with Gasteiger partial charge >= 0.3 is 0 Å². The van der Waals surface area contributed by atoms with Crippen molar-refractivity contribution in [1.29, 1.82) is 0 Å². The molecule has 136 valence electrons. The van der Waals surface area contributed by atoms with Gasteiger partial charge in [-0.2, -0.15) is 0 Å². The predicted molar refractivity (Wildman–Crippen MR) is 102 cm³/mol. The Labute approximate surface area is 157 Å². The molecule has 2 aromatic heterocycles. The summed E-state index contributed by atoms with van der Waals surface area (Å²) in [5.41, 5.74) is 3.78. The van der Waals surface area contributed by atoms with Crippen LogP contribution in [-0.2, 0) is 13.1 Å². The number of aryl methyl sites for hydroxylation is 1. The number of hydrogen-bond acceptors (Lipinski definition) is 4. The fraction of sp³-hybridized carbons (Fsp3) is 0.143. The maximum Gasteiger partial charge on any atom is 0.253 e. The van der Waals surface area contributed by atoms with Crippen LogP contribution in [-0.4, -0.2) is 21.8 Å². The van der Waals surface area contributed by atoms with E-state index in [4.69, 9.17) is 0 Å². The van der Waals surface area contributed by atoms with Crippen molar-refractivity contribution in [3.05, 3.63) is 95.1 Å². The smallest absolute Gasteiger partial charge is 0.253 e. The highest BCUT2D eigenvalue weighted by atomic mass is 16.2. The van der Waals surface area contributed by atoms with E-state index < -0.39 is 0 Å². The number of benzene rings is 1. The van der Waals surface area contributed by atoms with Crippen LogP contribution >= 0.6 is 0 Å². The molecular weight excluding hydrogens is 340 g/mol. The average Bonchev–Trinajstić information content (AvgIpc) is 2.71. The highest BCUT2D eigenvalue weighted by Crippen LogP contribution is 2.06. The van der Waals surface area contributed by atoms with E-state index in [1.807, 2.05) is 43.3 Å². The highest BCUT2D eigenvalue weighted by Gasteiger charge is 2.11. The van der Waals surface area contributed by atoms with E-state index in [0.717, 1.165) is 16.7 Å². The average molecular weight is 360 g/mol. The minimum Gasteiger partial charge on any atom is -0.348 e. The molecule has 0 bridgehead atoms. The van der Waals surface area contributed by atoms with E-state index in [1.165, 1.54) is 12.4 Å². The SMILES string of the molecule is Cc1cccc(CNC(=O)c2cncc(C(=O)NCc3ccncc3)c2)c1. The normalized spacial score (nSPS) is 10.3. The van der Waals surface area contributed by atoms with Gasteiger partial charge in [0.05, 0.1) is 11.1 Å². The molecule has 0 atom stereocenters. The van der Waals surface area contributed by atoms with Crippen molar-refractivity contribution >= 4 is 11.8 Å². The molecule has 2 amide bonds. The molecular formula is C21H20N4O2. The second-order valence-electron chi connectivity index (χ2n) is 6.17. The first kappa shape index (κ1) is 18.3. The molecule has 0 fully saturated rings. The van der Waals surface area contributed by atoms with Gasteiger partial charge < -0.3 is 10.6 Å². The summed E-state index contributed by atoms with van der Waals surface area (Å²) in [6, 6.07) is 13.1. The highest BCUT2D eigenvalue weighted by molar-refractivity contribution is 5.99. The number of nitrogens with one attached hydrogen (secondary N) is 2. The lowest BCUT2D eigenvalue weighted by Gasteiger charge is -2.08. The van der Waals surface area contributed by atoms with Crippen molar-refractivity contribution in [3.63, 3.8) is 0 Å². The first-order valence-corrected chi connectivity index (χ1v) is 8.58. The molecule has 27 heavy (non-hydrogen) atoms. The zero-order valence-electron chi connectivity index (χ0n) is 15.0. The summed E-state index contributed by atoms with van der Waals surface area (Å²) in [5.74, 6) is -0.555. The molecule has 1 aromatic carbocycles. The van der Waals surface area contributed by atoms with Crippen LogP contribution in [0.5, 0.6) is 0 Å². The second kappa shape index (κ2) is 8.71. The van der Waals surface area contributed by atoms with Crippen LogP contribution < -0.4 is 10.6 Å². The Kier molecular flexibility index (Phi) is 5.89. The molecule has 0 saturated heterocycles. The van der Waals surface area contributed by atoms with E-state index in [1.54, 1.807) is 18.5 Å². The molecule has 2 heterocycles. The van der Waals surface area contributed by atoms with Crippen molar-refractivity contribution in [1.82, 2.24) is 20.6 Å². The Hall–Kier alpha value is -3.54. The van der Waals surface area contributed by atoms with Gasteiger partial charge in [0.1, 0.15) is 0 Å². The quantitative estimate of drug-likeness (QED) is 0.708. The molecule has 0 saturated carbocycles. The third-order valence-electron chi connectivity index (χ3n) is 4.00. The van der Waals surface area contributed by atoms with Gasteiger partial charge in [0.15, 0.2) is 0 Å². The summed E-state index contributed by atoms with van der Waals surface area (Å²) < 4.78 is 0. The van der Waals surface area contributed by atoms with Crippen LogP contribution in [0.15, 0.2) is 67.3 Å². The minimum absolute atomic E-state index is 0.271. The molecule has 3 aromatic rings. The second-order valence-corrected chi connectivity index (χ2v) is 6.17. The number of aromatic nitrogens is 2. The number of amides is 2. The summed E-state index contributed by atoms with van der Waals surface area (Å²) in [6.45, 7) is 2.80. The maximum atomic E-state index is 12.4. The number of nitrogens with zero attached hydrogens (tertiary/aromatic N) is 2. The van der Waals surface area contributed by atoms with Crippen LogP contribution in [0.3, 0.4) is 0 Å². The Morgan fingerprint density at radius 3 is 2.07 bits per heavy atom. The van der Waals surface area contributed by atoms with Gasteiger partial charge in [-0.25, -0.2) is 0 Å². The van der Waals surface area contributed by atoms with Crippen molar-refractivity contribution in [2.75, 3.05) is 0 Å². The first-order valence-electron chi connectivity index (χ1n) is 8.58. The van der Waals surface area contributed by atoms with E-state index in [9.17, 15) is 9.59 Å². The minimum atomic E-state index is -0.285. The van der Waals surface area contributed by atoms with E-state index in [0.29, 0.717) is 24.2 Å². The van der Waals surface area contributed by atoms with E-state index >= 15 is 0 Å². The number of carbonyl (C=O) groups is 2. The Bertz CT molecular complexity index is 942. The fourth-order valence-corrected chi connectivity index (χ4v) is 2.58. The van der Waals surface area contributed by atoms with E-state index in [-0.39, 0.29) is 11.8 Å². The van der Waals surface area contributed by atoms with E-state index in [2.05, 4.69) is 20.6 Å². The van der Waals surface area contributed by atoms with Crippen LogP contribution in [0.25, 0.3) is 0 Å². The molecule has 2 N–H and O–H groups in total. The largest absolute Gasteiger partial charge is 0.348 e. The summed E-state index contributed by atoms with van der Waals surface area (Å²) in [4.78, 5) is 32.6. The van der Waals surface area contributed by atoms with Crippen molar-refractivity contribution in [3.8, 4) is 0 Å². The van der Waals surface area contributed by atoms with Gasteiger partial charge in [-0.3, -0.25) is 19.6 Å². The molecule has 0 unspecified atom stereocenters. The van der Waals surface area contributed by atoms with Gasteiger partial charge in [-0.15, -0.1) is 0 Å². The van der Waals surface area contributed by atoms with Gasteiger partial charge in [0, 0.05) is 37.9 Å². The van der Waals surface area contributed by atoms with Gasteiger partial charge in [-0.05, 0) is 36.2 Å². The summed E-state index contributed by atoms with van der Waals surface area (Å²) in [7, 11) is 0. The monoisotopic (exact) mass is 360 g/mol. The lowest BCUT2D eigenvalue weighted by atomic mass is 10.1. The van der Waals surface area contributed by atoms with Crippen molar-refractivity contribution in [2.45, 2.75) is 20.0 Å². The van der Waals surface area contributed by atoms with Crippen LogP contribution in [0.1, 0.15) is 37.4 Å².